The molecule has 1 amide bonds. The number of benzene rings is 1. The molecule has 1 aliphatic rings. The molecule has 3 heterocycles. The molecule has 26 heavy (non-hydrogen) atoms. The first-order valence-corrected chi connectivity index (χ1v) is 9.19. The maximum atomic E-state index is 12.8. The lowest BCUT2D eigenvalue weighted by molar-refractivity contribution is 0.0767. The van der Waals surface area contributed by atoms with E-state index in [4.69, 9.17) is 0 Å². The zero-order chi connectivity index (χ0) is 17.9. The number of rotatable bonds is 3. The molecule has 6 heteroatoms. The summed E-state index contributed by atoms with van der Waals surface area (Å²) in [5.41, 5.74) is 2.86. The maximum absolute atomic E-state index is 12.8. The highest BCUT2D eigenvalue weighted by molar-refractivity contribution is 5.94. The first kappa shape index (κ1) is 16.6. The summed E-state index contributed by atoms with van der Waals surface area (Å²) in [4.78, 5) is 17.0. The van der Waals surface area contributed by atoms with Crippen molar-refractivity contribution in [1.82, 2.24) is 19.5 Å². The molecule has 1 saturated heterocycles. The molecule has 4 rings (SSSR count). The van der Waals surface area contributed by atoms with Gasteiger partial charge in [-0.25, -0.2) is 0 Å². The first-order valence-electron chi connectivity index (χ1n) is 9.19. The van der Waals surface area contributed by atoms with Crippen molar-refractivity contribution >= 4 is 17.5 Å². The van der Waals surface area contributed by atoms with Gasteiger partial charge in [0.05, 0.1) is 0 Å². The van der Waals surface area contributed by atoms with Crippen LogP contribution in [0.1, 0.15) is 29.3 Å². The Kier molecular flexibility index (Phi) is 4.56. The van der Waals surface area contributed by atoms with Crippen molar-refractivity contribution in [2.75, 3.05) is 31.1 Å². The van der Waals surface area contributed by atoms with E-state index in [0.29, 0.717) is 6.54 Å². The number of hydrogen-bond donors (Lipinski definition) is 0. The van der Waals surface area contributed by atoms with Crippen molar-refractivity contribution < 1.29 is 4.79 Å². The quantitative estimate of drug-likeness (QED) is 0.729. The second-order valence-electron chi connectivity index (χ2n) is 6.61. The number of carbonyl (C=O) groups is 1. The molecule has 0 radical (unpaired) electrons. The van der Waals surface area contributed by atoms with Crippen LogP contribution in [0.25, 0.3) is 5.65 Å². The average Bonchev–Trinajstić information content (AvgIpc) is 2.97. The Bertz CT molecular complexity index is 902. The normalized spacial score (nSPS) is 15.3. The van der Waals surface area contributed by atoms with Crippen LogP contribution in [0.4, 0.5) is 5.95 Å². The third-order valence-electron chi connectivity index (χ3n) is 4.97. The van der Waals surface area contributed by atoms with E-state index < -0.39 is 0 Å². The number of amides is 1. The van der Waals surface area contributed by atoms with Gasteiger partial charge in [-0.05, 0) is 42.7 Å². The molecule has 1 aliphatic heterocycles. The van der Waals surface area contributed by atoms with Gasteiger partial charge in [0.25, 0.3) is 5.91 Å². The Morgan fingerprint density at radius 2 is 1.85 bits per heavy atom. The molecule has 0 atom stereocenters. The van der Waals surface area contributed by atoms with E-state index in [-0.39, 0.29) is 5.91 Å². The Hall–Kier alpha value is -2.89. The summed E-state index contributed by atoms with van der Waals surface area (Å²) in [6.45, 7) is 5.20. The van der Waals surface area contributed by atoms with Crippen LogP contribution < -0.4 is 4.90 Å². The summed E-state index contributed by atoms with van der Waals surface area (Å²) in [5, 5.41) is 8.58. The summed E-state index contributed by atoms with van der Waals surface area (Å²) in [6.07, 6.45) is 3.88. The monoisotopic (exact) mass is 349 g/mol. The number of hydrogen-bond acceptors (Lipinski definition) is 4. The lowest BCUT2D eigenvalue weighted by Gasteiger charge is -2.22. The fourth-order valence-corrected chi connectivity index (χ4v) is 3.43. The second-order valence-corrected chi connectivity index (χ2v) is 6.61. The minimum atomic E-state index is 0.112. The molecular formula is C20H23N5O. The van der Waals surface area contributed by atoms with Gasteiger partial charge in [-0.3, -0.25) is 9.20 Å². The molecule has 0 bridgehead atoms. The number of fused-ring (bicyclic) bond motifs is 1. The molecular weight excluding hydrogens is 326 g/mol. The fraction of sp³-hybridized carbons (Fsp3) is 0.350. The van der Waals surface area contributed by atoms with Crippen LogP contribution in [-0.4, -0.2) is 51.6 Å². The molecule has 134 valence electrons. The lowest BCUT2D eigenvalue weighted by Crippen LogP contribution is -2.35. The van der Waals surface area contributed by atoms with Gasteiger partial charge in [-0.15, -0.1) is 10.2 Å². The minimum Gasteiger partial charge on any atom is -0.339 e. The molecule has 0 N–H and O–H groups in total. The molecule has 3 aromatic rings. The van der Waals surface area contributed by atoms with E-state index >= 15 is 0 Å². The third kappa shape index (κ3) is 3.14. The van der Waals surface area contributed by atoms with Crippen molar-refractivity contribution in [3.8, 4) is 0 Å². The number of carbonyl (C=O) groups excluding carboxylic acids is 1. The van der Waals surface area contributed by atoms with E-state index in [1.165, 1.54) is 5.56 Å². The third-order valence-corrected chi connectivity index (χ3v) is 4.97. The minimum absolute atomic E-state index is 0.112. The van der Waals surface area contributed by atoms with E-state index in [2.05, 4.69) is 22.0 Å². The zero-order valence-electron chi connectivity index (χ0n) is 15.0. The van der Waals surface area contributed by atoms with Gasteiger partial charge in [-0.2, -0.15) is 0 Å². The lowest BCUT2D eigenvalue weighted by atomic mass is 10.1. The summed E-state index contributed by atoms with van der Waals surface area (Å²) in [5.74, 6) is 0.961. The molecule has 0 unspecified atom stereocenters. The van der Waals surface area contributed by atoms with E-state index in [1.807, 2.05) is 58.0 Å². The predicted molar refractivity (Wildman–Crippen MR) is 102 cm³/mol. The molecule has 6 nitrogen and oxygen atoms in total. The SMILES string of the molecule is CCc1ccc(C(=O)N2CCCN(c3nnc4ccccn34)CC2)cc1. The Morgan fingerprint density at radius 1 is 1.00 bits per heavy atom. The van der Waals surface area contributed by atoms with Crippen molar-refractivity contribution in [3.05, 3.63) is 59.8 Å². The Balaban J connectivity index is 1.48. The van der Waals surface area contributed by atoms with Crippen LogP contribution in [0.3, 0.4) is 0 Å². The predicted octanol–water partition coefficient (Wildman–Crippen LogP) is 2.64. The van der Waals surface area contributed by atoms with E-state index in [0.717, 1.165) is 49.6 Å². The van der Waals surface area contributed by atoms with Gasteiger partial charge in [-0.1, -0.05) is 25.1 Å². The van der Waals surface area contributed by atoms with E-state index in [1.54, 1.807) is 0 Å². The van der Waals surface area contributed by atoms with Crippen LogP contribution in [0, 0.1) is 0 Å². The van der Waals surface area contributed by atoms with Crippen molar-refractivity contribution in [2.45, 2.75) is 19.8 Å². The Labute approximate surface area is 153 Å². The van der Waals surface area contributed by atoms with Crippen LogP contribution >= 0.6 is 0 Å². The molecule has 1 fully saturated rings. The maximum Gasteiger partial charge on any atom is 0.253 e. The number of aryl methyl sites for hydroxylation is 1. The summed E-state index contributed by atoms with van der Waals surface area (Å²) in [6, 6.07) is 13.9. The molecule has 0 spiro atoms. The molecule has 2 aromatic heterocycles. The smallest absolute Gasteiger partial charge is 0.253 e. The van der Waals surface area contributed by atoms with Crippen LogP contribution in [-0.2, 0) is 6.42 Å². The highest BCUT2D eigenvalue weighted by Gasteiger charge is 2.22. The summed E-state index contributed by atoms with van der Waals surface area (Å²) < 4.78 is 2.00. The Morgan fingerprint density at radius 3 is 2.65 bits per heavy atom. The van der Waals surface area contributed by atoms with Gasteiger partial charge < -0.3 is 9.80 Å². The average molecular weight is 349 g/mol. The standard InChI is InChI=1S/C20H23N5O/c1-2-16-7-9-17(10-8-16)19(26)23-11-5-12-24(15-14-23)20-22-21-18-6-3-4-13-25(18)20/h3-4,6-10,13H,2,5,11-12,14-15H2,1H3. The number of anilines is 1. The van der Waals surface area contributed by atoms with Crippen molar-refractivity contribution in [2.24, 2.45) is 0 Å². The molecule has 0 aliphatic carbocycles. The summed E-state index contributed by atoms with van der Waals surface area (Å²) in [7, 11) is 0. The number of aromatic nitrogens is 3. The highest BCUT2D eigenvalue weighted by Crippen LogP contribution is 2.17. The van der Waals surface area contributed by atoms with Gasteiger partial charge in [0.1, 0.15) is 0 Å². The largest absolute Gasteiger partial charge is 0.339 e. The van der Waals surface area contributed by atoms with Crippen molar-refractivity contribution in [3.63, 3.8) is 0 Å². The second kappa shape index (κ2) is 7.15. The van der Waals surface area contributed by atoms with E-state index in [9.17, 15) is 4.79 Å². The first-order chi connectivity index (χ1) is 12.8. The van der Waals surface area contributed by atoms with Gasteiger partial charge in [0, 0.05) is 37.9 Å². The number of pyridine rings is 1. The van der Waals surface area contributed by atoms with Crippen LogP contribution in [0.2, 0.25) is 0 Å². The van der Waals surface area contributed by atoms with Crippen LogP contribution in [0.15, 0.2) is 48.7 Å². The molecule has 1 aromatic carbocycles. The summed E-state index contributed by atoms with van der Waals surface area (Å²) >= 11 is 0. The highest BCUT2D eigenvalue weighted by atomic mass is 16.2. The van der Waals surface area contributed by atoms with Crippen molar-refractivity contribution in [1.29, 1.82) is 0 Å². The van der Waals surface area contributed by atoms with Gasteiger partial charge in [0.15, 0.2) is 5.65 Å². The fourth-order valence-electron chi connectivity index (χ4n) is 3.43. The van der Waals surface area contributed by atoms with Gasteiger partial charge in [0.2, 0.25) is 5.95 Å². The molecule has 0 saturated carbocycles. The van der Waals surface area contributed by atoms with Gasteiger partial charge >= 0.3 is 0 Å². The zero-order valence-corrected chi connectivity index (χ0v) is 15.0. The van der Waals surface area contributed by atoms with Crippen LogP contribution in [0.5, 0.6) is 0 Å². The number of nitrogens with zero attached hydrogens (tertiary/aromatic N) is 5. The topological polar surface area (TPSA) is 53.7 Å².